The third-order valence-electron chi connectivity index (χ3n) is 4.49. The second kappa shape index (κ2) is 6.09. The summed E-state index contributed by atoms with van der Waals surface area (Å²) in [4.78, 5) is 13.4. The summed E-state index contributed by atoms with van der Waals surface area (Å²) >= 11 is 6.35. The van der Waals surface area contributed by atoms with E-state index in [0.29, 0.717) is 47.5 Å². The standard InChI is InChI=1S/C18H15ClN4O3/c19-15-14-17(21-13(20-15)6-5-10-3-4-10)23(18-11(24)7-9-26-18)16(22-14)12-2-1-8-25-12/h1-2,8,10-11,18,24H,3-4,7,9H2/t11-,18-/m1/s1. The zero-order valence-electron chi connectivity index (χ0n) is 13.7. The Labute approximate surface area is 154 Å². The number of hydrogen-bond donors (Lipinski definition) is 1. The minimum absolute atomic E-state index is 0.217. The third-order valence-corrected chi connectivity index (χ3v) is 4.75. The largest absolute Gasteiger partial charge is 0.461 e. The third kappa shape index (κ3) is 2.67. The predicted molar refractivity (Wildman–Crippen MR) is 93.2 cm³/mol. The van der Waals surface area contributed by atoms with E-state index < -0.39 is 12.3 Å². The van der Waals surface area contributed by atoms with Gasteiger partial charge in [0.2, 0.25) is 5.82 Å². The number of ether oxygens (including phenoxy) is 1. The lowest BCUT2D eigenvalue weighted by Crippen LogP contribution is -2.20. The zero-order chi connectivity index (χ0) is 17.7. The van der Waals surface area contributed by atoms with Gasteiger partial charge in [0.25, 0.3) is 0 Å². The molecule has 1 aliphatic carbocycles. The van der Waals surface area contributed by atoms with E-state index in [1.54, 1.807) is 23.0 Å². The van der Waals surface area contributed by atoms with E-state index >= 15 is 0 Å². The average molecular weight is 371 g/mol. The quantitative estimate of drug-likeness (QED) is 0.551. The van der Waals surface area contributed by atoms with Crippen molar-refractivity contribution in [1.82, 2.24) is 19.5 Å². The molecule has 4 heterocycles. The first-order valence-electron chi connectivity index (χ1n) is 8.51. The minimum Gasteiger partial charge on any atom is -0.461 e. The van der Waals surface area contributed by atoms with Gasteiger partial charge in [-0.3, -0.25) is 4.57 Å². The highest BCUT2D eigenvalue weighted by molar-refractivity contribution is 6.33. The molecule has 2 fully saturated rings. The molecule has 0 aromatic carbocycles. The zero-order valence-corrected chi connectivity index (χ0v) is 14.5. The molecule has 1 aliphatic heterocycles. The highest BCUT2D eigenvalue weighted by atomic mass is 35.5. The van der Waals surface area contributed by atoms with Crippen LogP contribution in [0.5, 0.6) is 0 Å². The van der Waals surface area contributed by atoms with Crippen LogP contribution in [-0.2, 0) is 4.74 Å². The van der Waals surface area contributed by atoms with Gasteiger partial charge in [0.1, 0.15) is 11.6 Å². The fraction of sp³-hybridized carbons (Fsp3) is 0.389. The number of hydrogen-bond acceptors (Lipinski definition) is 6. The lowest BCUT2D eigenvalue weighted by molar-refractivity contribution is -0.00536. The van der Waals surface area contributed by atoms with E-state index in [9.17, 15) is 5.11 Å². The lowest BCUT2D eigenvalue weighted by Gasteiger charge is -2.18. The molecule has 2 aliphatic rings. The van der Waals surface area contributed by atoms with Crippen LogP contribution in [-0.4, -0.2) is 37.3 Å². The molecule has 3 aromatic rings. The van der Waals surface area contributed by atoms with Crippen LogP contribution in [0.15, 0.2) is 22.8 Å². The number of fused-ring (bicyclic) bond motifs is 1. The van der Waals surface area contributed by atoms with Crippen molar-refractivity contribution in [1.29, 1.82) is 0 Å². The molecule has 0 bridgehead atoms. The number of nitrogens with zero attached hydrogens (tertiary/aromatic N) is 4. The molecule has 132 valence electrons. The Bertz CT molecular complexity index is 1030. The first-order valence-corrected chi connectivity index (χ1v) is 8.89. The molecule has 26 heavy (non-hydrogen) atoms. The molecular formula is C18H15ClN4O3. The molecule has 1 saturated carbocycles. The number of halogens is 1. The number of rotatable bonds is 2. The van der Waals surface area contributed by atoms with Crippen LogP contribution in [0.2, 0.25) is 5.15 Å². The Morgan fingerprint density at radius 3 is 2.81 bits per heavy atom. The Hall–Kier alpha value is -2.40. The summed E-state index contributed by atoms with van der Waals surface area (Å²) in [7, 11) is 0. The van der Waals surface area contributed by atoms with Crippen LogP contribution in [0.4, 0.5) is 0 Å². The van der Waals surface area contributed by atoms with Crippen molar-refractivity contribution in [2.24, 2.45) is 5.92 Å². The normalized spacial score (nSPS) is 22.5. The van der Waals surface area contributed by atoms with E-state index in [-0.39, 0.29) is 5.15 Å². The summed E-state index contributed by atoms with van der Waals surface area (Å²) < 4.78 is 13.0. The van der Waals surface area contributed by atoms with Gasteiger partial charge < -0.3 is 14.3 Å². The highest BCUT2D eigenvalue weighted by Gasteiger charge is 2.33. The van der Waals surface area contributed by atoms with Gasteiger partial charge in [0.15, 0.2) is 28.6 Å². The summed E-state index contributed by atoms with van der Waals surface area (Å²) in [5.74, 6) is 7.91. The molecule has 8 heteroatoms. The number of aliphatic hydroxyl groups excluding tert-OH is 1. The molecular weight excluding hydrogens is 356 g/mol. The maximum absolute atomic E-state index is 10.4. The predicted octanol–water partition coefficient (Wildman–Crippen LogP) is 2.78. The average Bonchev–Trinajstić information content (AvgIpc) is 2.99. The fourth-order valence-electron chi connectivity index (χ4n) is 3.02. The van der Waals surface area contributed by atoms with Gasteiger partial charge in [-0.05, 0) is 30.9 Å². The van der Waals surface area contributed by atoms with Crippen molar-refractivity contribution in [3.8, 4) is 23.4 Å². The number of aliphatic hydroxyl groups is 1. The summed E-state index contributed by atoms with van der Waals surface area (Å²) in [6.45, 7) is 0.455. The summed E-state index contributed by atoms with van der Waals surface area (Å²) in [5.41, 5.74) is 0.903. The minimum atomic E-state index is -0.671. The summed E-state index contributed by atoms with van der Waals surface area (Å²) in [6.07, 6.45) is 3.04. The molecule has 7 nitrogen and oxygen atoms in total. The van der Waals surface area contributed by atoms with Crippen LogP contribution in [0.25, 0.3) is 22.7 Å². The van der Waals surface area contributed by atoms with Crippen molar-refractivity contribution in [2.45, 2.75) is 31.6 Å². The van der Waals surface area contributed by atoms with E-state index in [2.05, 4.69) is 26.8 Å². The molecule has 5 rings (SSSR count). The number of aromatic nitrogens is 4. The SMILES string of the molecule is O[C@@H]1CCO[C@H]1n1c(-c2ccco2)nc2c(Cl)nc(C#CC3CC3)nc21. The van der Waals surface area contributed by atoms with Crippen LogP contribution >= 0.6 is 11.6 Å². The second-order valence-corrected chi connectivity index (χ2v) is 6.81. The molecule has 1 N–H and O–H groups in total. The van der Waals surface area contributed by atoms with Crippen LogP contribution < -0.4 is 0 Å². The van der Waals surface area contributed by atoms with Crippen molar-refractivity contribution >= 4 is 22.8 Å². The van der Waals surface area contributed by atoms with E-state index in [1.807, 2.05) is 0 Å². The van der Waals surface area contributed by atoms with Crippen LogP contribution in [0.1, 0.15) is 31.3 Å². The topological polar surface area (TPSA) is 86.2 Å². The van der Waals surface area contributed by atoms with Gasteiger partial charge in [0, 0.05) is 12.3 Å². The fourth-order valence-corrected chi connectivity index (χ4v) is 3.23. The molecule has 0 radical (unpaired) electrons. The van der Waals surface area contributed by atoms with Crippen LogP contribution in [0.3, 0.4) is 0 Å². The molecule has 0 unspecified atom stereocenters. The second-order valence-electron chi connectivity index (χ2n) is 6.45. The van der Waals surface area contributed by atoms with Gasteiger partial charge in [-0.15, -0.1) is 0 Å². The van der Waals surface area contributed by atoms with Gasteiger partial charge in [0.05, 0.1) is 12.9 Å². The van der Waals surface area contributed by atoms with Gasteiger partial charge in [-0.1, -0.05) is 17.5 Å². The molecule has 1 saturated heterocycles. The van der Waals surface area contributed by atoms with Crippen molar-refractivity contribution in [3.05, 3.63) is 29.4 Å². The van der Waals surface area contributed by atoms with Crippen molar-refractivity contribution in [3.63, 3.8) is 0 Å². The Morgan fingerprint density at radius 1 is 1.23 bits per heavy atom. The molecule has 3 aromatic heterocycles. The highest BCUT2D eigenvalue weighted by Crippen LogP contribution is 2.35. The van der Waals surface area contributed by atoms with E-state index in [1.165, 1.54) is 0 Å². The number of furan rings is 1. The van der Waals surface area contributed by atoms with Crippen LogP contribution in [0, 0.1) is 17.8 Å². The Morgan fingerprint density at radius 2 is 2.12 bits per heavy atom. The first kappa shape index (κ1) is 15.8. The number of imidazole rings is 1. The maximum Gasteiger partial charge on any atom is 0.208 e. The van der Waals surface area contributed by atoms with Crippen molar-refractivity contribution < 1.29 is 14.3 Å². The van der Waals surface area contributed by atoms with Gasteiger partial charge >= 0.3 is 0 Å². The molecule has 0 amide bonds. The molecule has 0 spiro atoms. The summed E-state index contributed by atoms with van der Waals surface area (Å²) in [6, 6.07) is 3.55. The first-order chi connectivity index (χ1) is 12.7. The van der Waals surface area contributed by atoms with E-state index in [0.717, 1.165) is 12.8 Å². The maximum atomic E-state index is 10.4. The summed E-state index contributed by atoms with van der Waals surface area (Å²) in [5, 5.41) is 10.6. The van der Waals surface area contributed by atoms with E-state index in [4.69, 9.17) is 20.8 Å². The lowest BCUT2D eigenvalue weighted by atomic mass is 10.2. The molecule has 2 atom stereocenters. The Balaban J connectivity index is 1.73. The smallest absolute Gasteiger partial charge is 0.208 e. The monoisotopic (exact) mass is 370 g/mol. The Kier molecular flexibility index (Phi) is 3.71. The van der Waals surface area contributed by atoms with Crippen molar-refractivity contribution in [2.75, 3.05) is 6.61 Å². The van der Waals surface area contributed by atoms with Gasteiger partial charge in [-0.25, -0.2) is 15.0 Å². The van der Waals surface area contributed by atoms with Gasteiger partial charge in [-0.2, -0.15) is 0 Å².